The second-order valence-electron chi connectivity index (χ2n) is 5.29. The van der Waals surface area contributed by atoms with Crippen LogP contribution in [0.1, 0.15) is 39.5 Å². The summed E-state index contributed by atoms with van der Waals surface area (Å²) in [4.78, 5) is 14.5. The van der Waals surface area contributed by atoms with Gasteiger partial charge in [-0.3, -0.25) is 10.1 Å². The van der Waals surface area contributed by atoms with Gasteiger partial charge in [-0.15, -0.1) is 0 Å². The Morgan fingerprint density at radius 3 is 2.81 bits per heavy atom. The van der Waals surface area contributed by atoms with Crippen molar-refractivity contribution in [2.24, 2.45) is 0 Å². The van der Waals surface area contributed by atoms with Crippen LogP contribution < -0.4 is 5.32 Å². The summed E-state index contributed by atoms with van der Waals surface area (Å²) < 4.78 is 5.59. The maximum Gasteiger partial charge on any atom is 0.244 e. The van der Waals surface area contributed by atoms with E-state index in [2.05, 4.69) is 24.1 Å². The Morgan fingerprint density at radius 2 is 2.31 bits per heavy atom. The van der Waals surface area contributed by atoms with E-state index in [-0.39, 0.29) is 23.9 Å². The Morgan fingerprint density at radius 1 is 1.56 bits per heavy atom. The summed E-state index contributed by atoms with van der Waals surface area (Å²) in [6, 6.07) is 0.282. The number of carbonyl (C=O) groups is 1. The lowest BCUT2D eigenvalue weighted by Gasteiger charge is -2.31. The minimum absolute atomic E-state index is 0.178. The first-order valence-electron chi connectivity index (χ1n) is 6.40. The number of nitrogens with zero attached hydrogens (tertiary/aromatic N) is 1. The van der Waals surface area contributed by atoms with Crippen molar-refractivity contribution >= 4 is 5.91 Å². The number of ether oxygens (including phenoxy) is 1. The van der Waals surface area contributed by atoms with E-state index in [1.54, 1.807) is 0 Å². The molecule has 16 heavy (non-hydrogen) atoms. The molecule has 3 aliphatic rings. The maximum atomic E-state index is 12.4. The molecule has 1 amide bonds. The van der Waals surface area contributed by atoms with Crippen molar-refractivity contribution in [2.75, 3.05) is 6.61 Å². The highest BCUT2D eigenvalue weighted by Gasteiger charge is 2.60. The molecular weight excluding hydrogens is 204 g/mol. The monoisotopic (exact) mass is 224 g/mol. The summed E-state index contributed by atoms with van der Waals surface area (Å²) in [5.41, 5.74) is -0.178. The number of hydrogen-bond donors (Lipinski definition) is 1. The normalized spacial score (nSPS) is 41.0. The second-order valence-corrected chi connectivity index (χ2v) is 5.29. The van der Waals surface area contributed by atoms with E-state index in [1.807, 2.05) is 0 Å². The smallest absolute Gasteiger partial charge is 0.244 e. The molecule has 0 bridgehead atoms. The molecule has 2 heterocycles. The van der Waals surface area contributed by atoms with E-state index in [9.17, 15) is 4.79 Å². The Balaban J connectivity index is 1.84. The molecule has 2 saturated heterocycles. The average Bonchev–Trinajstić information content (AvgIpc) is 2.86. The van der Waals surface area contributed by atoms with Gasteiger partial charge >= 0.3 is 0 Å². The highest BCUT2D eigenvalue weighted by atomic mass is 16.5. The number of nitrogens with one attached hydrogen (secondary N) is 1. The minimum Gasteiger partial charge on any atom is -0.376 e. The zero-order chi connectivity index (χ0) is 11.3. The maximum absolute atomic E-state index is 12.4. The van der Waals surface area contributed by atoms with Gasteiger partial charge in [-0.05, 0) is 32.6 Å². The highest BCUT2D eigenvalue weighted by molar-refractivity contribution is 5.92. The van der Waals surface area contributed by atoms with Crippen molar-refractivity contribution in [1.82, 2.24) is 10.2 Å². The van der Waals surface area contributed by atoms with Gasteiger partial charge in [-0.25, -0.2) is 0 Å². The molecule has 4 heteroatoms. The quantitative estimate of drug-likeness (QED) is 0.756. The van der Waals surface area contributed by atoms with E-state index >= 15 is 0 Å². The third-order valence-corrected chi connectivity index (χ3v) is 4.25. The van der Waals surface area contributed by atoms with Crippen LogP contribution in [0.3, 0.4) is 0 Å². The Kier molecular flexibility index (Phi) is 2.27. The summed E-state index contributed by atoms with van der Waals surface area (Å²) in [5.74, 6) is 0.321. The van der Waals surface area contributed by atoms with Gasteiger partial charge in [0.05, 0.1) is 23.9 Å². The highest BCUT2D eigenvalue weighted by Crippen LogP contribution is 2.44. The van der Waals surface area contributed by atoms with Crippen LogP contribution in [-0.2, 0) is 9.53 Å². The van der Waals surface area contributed by atoms with Gasteiger partial charge in [-0.1, -0.05) is 6.92 Å². The predicted molar refractivity (Wildman–Crippen MR) is 59.8 cm³/mol. The molecule has 0 radical (unpaired) electrons. The third-order valence-electron chi connectivity index (χ3n) is 4.25. The molecule has 4 nitrogen and oxygen atoms in total. The summed E-state index contributed by atoms with van der Waals surface area (Å²) in [6.45, 7) is 5.01. The lowest BCUT2D eigenvalue weighted by Crippen LogP contribution is -2.47. The van der Waals surface area contributed by atoms with Gasteiger partial charge in [0.25, 0.3) is 0 Å². The average molecular weight is 224 g/mol. The molecule has 3 rings (SSSR count). The van der Waals surface area contributed by atoms with Crippen molar-refractivity contribution in [1.29, 1.82) is 0 Å². The van der Waals surface area contributed by atoms with Gasteiger partial charge < -0.3 is 9.64 Å². The first-order valence-corrected chi connectivity index (χ1v) is 6.40. The van der Waals surface area contributed by atoms with Gasteiger partial charge in [0, 0.05) is 6.61 Å². The van der Waals surface area contributed by atoms with Crippen molar-refractivity contribution in [3.8, 4) is 0 Å². The van der Waals surface area contributed by atoms with Crippen molar-refractivity contribution in [3.05, 3.63) is 0 Å². The second kappa shape index (κ2) is 3.44. The predicted octanol–water partition coefficient (Wildman–Crippen LogP) is 0.864. The van der Waals surface area contributed by atoms with Crippen LogP contribution in [0.2, 0.25) is 0 Å². The molecule has 3 atom stereocenters. The molecule has 3 fully saturated rings. The molecule has 1 spiro atoms. The topological polar surface area (TPSA) is 41.6 Å². The fraction of sp³-hybridized carbons (Fsp3) is 0.917. The van der Waals surface area contributed by atoms with Crippen molar-refractivity contribution in [2.45, 2.75) is 63.4 Å². The molecule has 1 saturated carbocycles. The Bertz CT molecular complexity index is 314. The van der Waals surface area contributed by atoms with Gasteiger partial charge in [0.15, 0.2) is 0 Å². The van der Waals surface area contributed by atoms with Gasteiger partial charge in [0.1, 0.15) is 0 Å². The fourth-order valence-corrected chi connectivity index (χ4v) is 3.09. The van der Waals surface area contributed by atoms with Crippen LogP contribution in [0.15, 0.2) is 0 Å². The number of amides is 1. The fourth-order valence-electron chi connectivity index (χ4n) is 3.09. The van der Waals surface area contributed by atoms with Crippen LogP contribution in [0.25, 0.3) is 0 Å². The molecule has 1 aliphatic carbocycles. The molecule has 3 unspecified atom stereocenters. The number of rotatable bonds is 2. The molecule has 90 valence electrons. The Hall–Kier alpha value is -0.610. The first kappa shape index (κ1) is 10.5. The molecule has 0 aromatic carbocycles. The van der Waals surface area contributed by atoms with Crippen molar-refractivity contribution < 1.29 is 9.53 Å². The van der Waals surface area contributed by atoms with Crippen LogP contribution in [0.4, 0.5) is 0 Å². The summed E-state index contributed by atoms with van der Waals surface area (Å²) >= 11 is 0. The van der Waals surface area contributed by atoms with Gasteiger partial charge in [-0.2, -0.15) is 0 Å². The molecular formula is C12H20N2O2. The Labute approximate surface area is 96.3 Å². The lowest BCUT2D eigenvalue weighted by atomic mass is 10.1. The number of hydrogen-bond acceptors (Lipinski definition) is 3. The summed E-state index contributed by atoms with van der Waals surface area (Å²) in [6.07, 6.45) is 4.41. The third kappa shape index (κ3) is 1.32. The van der Waals surface area contributed by atoms with Crippen LogP contribution in [0, 0.1) is 0 Å². The summed E-state index contributed by atoms with van der Waals surface area (Å²) in [7, 11) is 0. The molecule has 2 aliphatic heterocycles. The van der Waals surface area contributed by atoms with E-state index in [0.29, 0.717) is 5.91 Å². The van der Waals surface area contributed by atoms with Crippen LogP contribution in [0.5, 0.6) is 0 Å². The largest absolute Gasteiger partial charge is 0.376 e. The first-order chi connectivity index (χ1) is 7.68. The summed E-state index contributed by atoms with van der Waals surface area (Å²) in [5, 5.41) is 3.51. The van der Waals surface area contributed by atoms with E-state index in [4.69, 9.17) is 4.74 Å². The van der Waals surface area contributed by atoms with Gasteiger partial charge in [0.2, 0.25) is 5.91 Å². The standard InChI is InChI=1S/C12H20N2O2/c1-3-10-13-12(5-6-12)11(15)14(10)9-4-7-16-8(9)2/h8-10,13H,3-7H2,1-2H3. The zero-order valence-corrected chi connectivity index (χ0v) is 10.0. The van der Waals surface area contributed by atoms with Crippen molar-refractivity contribution in [3.63, 3.8) is 0 Å². The molecule has 0 aromatic heterocycles. The number of carbonyl (C=O) groups excluding carboxylic acids is 1. The molecule has 1 N–H and O–H groups in total. The lowest BCUT2D eigenvalue weighted by molar-refractivity contribution is -0.134. The zero-order valence-electron chi connectivity index (χ0n) is 10.0. The van der Waals surface area contributed by atoms with Crippen LogP contribution in [-0.4, -0.2) is 41.3 Å². The van der Waals surface area contributed by atoms with E-state index < -0.39 is 0 Å². The van der Waals surface area contributed by atoms with E-state index in [0.717, 1.165) is 32.3 Å². The SMILES string of the molecule is CCC1NC2(CC2)C(=O)N1C1CCOC1C. The minimum atomic E-state index is -0.178. The van der Waals surface area contributed by atoms with E-state index in [1.165, 1.54) is 0 Å². The van der Waals surface area contributed by atoms with Crippen LogP contribution >= 0.6 is 0 Å². The molecule has 0 aromatic rings.